The molecule has 1 heterocycles. The zero-order valence-corrected chi connectivity index (χ0v) is 9.09. The van der Waals surface area contributed by atoms with E-state index in [1.165, 1.54) is 25.8 Å². The van der Waals surface area contributed by atoms with Crippen LogP contribution < -0.4 is 0 Å². The van der Waals surface area contributed by atoms with E-state index in [1.54, 1.807) is 0 Å². The van der Waals surface area contributed by atoms with Crippen LogP contribution in [0.25, 0.3) is 0 Å². The summed E-state index contributed by atoms with van der Waals surface area (Å²) >= 11 is 0. The molecule has 0 aromatic carbocycles. The van der Waals surface area contributed by atoms with Gasteiger partial charge < -0.3 is 4.74 Å². The van der Waals surface area contributed by atoms with E-state index in [4.69, 9.17) is 4.74 Å². The predicted octanol–water partition coefficient (Wildman–Crippen LogP) is 2.14. The molecule has 1 aliphatic rings. The van der Waals surface area contributed by atoms with E-state index in [-0.39, 0.29) is 0 Å². The van der Waals surface area contributed by atoms with Gasteiger partial charge >= 0.3 is 0 Å². The van der Waals surface area contributed by atoms with E-state index in [9.17, 15) is 0 Å². The van der Waals surface area contributed by atoms with Gasteiger partial charge in [0.05, 0.1) is 13.2 Å². The molecular formula is C11H23NO. The molecule has 1 unspecified atom stereocenters. The van der Waals surface area contributed by atoms with Gasteiger partial charge in [0.15, 0.2) is 0 Å². The van der Waals surface area contributed by atoms with Gasteiger partial charge in [-0.3, -0.25) is 4.90 Å². The topological polar surface area (TPSA) is 12.5 Å². The Bertz CT molecular complexity index is 119. The third kappa shape index (κ3) is 4.10. The summed E-state index contributed by atoms with van der Waals surface area (Å²) in [6.45, 7) is 10.0. The molecule has 1 rings (SSSR count). The highest BCUT2D eigenvalue weighted by Crippen LogP contribution is 2.13. The van der Waals surface area contributed by atoms with Crippen molar-refractivity contribution >= 4 is 0 Å². The Kier molecular flexibility index (Phi) is 5.40. The molecular weight excluding hydrogens is 162 g/mol. The van der Waals surface area contributed by atoms with Crippen LogP contribution in [0.2, 0.25) is 0 Å². The average Bonchev–Trinajstić information content (AvgIpc) is 2.19. The van der Waals surface area contributed by atoms with Gasteiger partial charge in [-0.05, 0) is 12.3 Å². The van der Waals surface area contributed by atoms with Crippen molar-refractivity contribution in [1.82, 2.24) is 4.90 Å². The highest BCUT2D eigenvalue weighted by molar-refractivity contribution is 4.67. The van der Waals surface area contributed by atoms with Gasteiger partial charge in [-0.1, -0.05) is 26.7 Å². The number of nitrogens with zero attached hydrogens (tertiary/aromatic N) is 1. The Balaban J connectivity index is 2.18. The van der Waals surface area contributed by atoms with Gasteiger partial charge in [-0.25, -0.2) is 0 Å². The fourth-order valence-corrected chi connectivity index (χ4v) is 1.98. The standard InChI is InChI=1S/C11H23NO/c1-3-5-11(4-2)10-12-6-8-13-9-7-12/h11H,3-10H2,1-2H3. The van der Waals surface area contributed by atoms with Crippen molar-refractivity contribution in [1.29, 1.82) is 0 Å². The van der Waals surface area contributed by atoms with E-state index in [1.807, 2.05) is 0 Å². The van der Waals surface area contributed by atoms with Gasteiger partial charge in [0.1, 0.15) is 0 Å². The molecule has 0 bridgehead atoms. The Morgan fingerprint density at radius 3 is 2.46 bits per heavy atom. The van der Waals surface area contributed by atoms with Gasteiger partial charge in [0.2, 0.25) is 0 Å². The van der Waals surface area contributed by atoms with Crippen molar-refractivity contribution in [3.05, 3.63) is 0 Å². The second kappa shape index (κ2) is 6.39. The van der Waals surface area contributed by atoms with Crippen LogP contribution in [0.3, 0.4) is 0 Å². The lowest BCUT2D eigenvalue weighted by Gasteiger charge is -2.30. The summed E-state index contributed by atoms with van der Waals surface area (Å²) in [6, 6.07) is 0. The minimum atomic E-state index is 0.906. The molecule has 13 heavy (non-hydrogen) atoms. The van der Waals surface area contributed by atoms with Crippen LogP contribution in [-0.4, -0.2) is 37.7 Å². The van der Waals surface area contributed by atoms with Crippen molar-refractivity contribution in [2.75, 3.05) is 32.8 Å². The monoisotopic (exact) mass is 185 g/mol. The van der Waals surface area contributed by atoms with Crippen LogP contribution in [0, 0.1) is 5.92 Å². The van der Waals surface area contributed by atoms with Gasteiger partial charge in [0.25, 0.3) is 0 Å². The maximum absolute atomic E-state index is 5.33. The van der Waals surface area contributed by atoms with E-state index >= 15 is 0 Å². The molecule has 0 N–H and O–H groups in total. The van der Waals surface area contributed by atoms with Crippen LogP contribution in [0.4, 0.5) is 0 Å². The lowest BCUT2D eigenvalue weighted by Crippen LogP contribution is -2.39. The van der Waals surface area contributed by atoms with Crippen LogP contribution in [-0.2, 0) is 4.74 Å². The molecule has 0 radical (unpaired) electrons. The molecule has 0 saturated carbocycles. The maximum atomic E-state index is 5.33. The third-order valence-electron chi connectivity index (χ3n) is 2.89. The molecule has 0 aliphatic carbocycles. The van der Waals surface area contributed by atoms with E-state index < -0.39 is 0 Å². The molecule has 1 saturated heterocycles. The van der Waals surface area contributed by atoms with E-state index in [2.05, 4.69) is 18.7 Å². The number of morpholine rings is 1. The summed E-state index contributed by atoms with van der Waals surface area (Å²) in [5.41, 5.74) is 0. The molecule has 0 spiro atoms. The number of hydrogen-bond donors (Lipinski definition) is 0. The summed E-state index contributed by atoms with van der Waals surface area (Å²) in [7, 11) is 0. The molecule has 0 aromatic heterocycles. The van der Waals surface area contributed by atoms with Crippen molar-refractivity contribution in [3.63, 3.8) is 0 Å². The average molecular weight is 185 g/mol. The molecule has 0 amide bonds. The van der Waals surface area contributed by atoms with Crippen molar-refractivity contribution in [3.8, 4) is 0 Å². The summed E-state index contributed by atoms with van der Waals surface area (Å²) in [6.07, 6.45) is 4.03. The molecule has 1 atom stereocenters. The van der Waals surface area contributed by atoms with Crippen molar-refractivity contribution in [2.24, 2.45) is 5.92 Å². The van der Waals surface area contributed by atoms with Crippen LogP contribution >= 0.6 is 0 Å². The Labute approximate surface area is 82.3 Å². The first-order valence-electron chi connectivity index (χ1n) is 5.66. The van der Waals surface area contributed by atoms with Gasteiger partial charge in [0, 0.05) is 19.6 Å². The first-order chi connectivity index (χ1) is 6.36. The van der Waals surface area contributed by atoms with Crippen molar-refractivity contribution < 1.29 is 4.74 Å². The maximum Gasteiger partial charge on any atom is 0.0594 e. The van der Waals surface area contributed by atoms with Gasteiger partial charge in [-0.2, -0.15) is 0 Å². The van der Waals surface area contributed by atoms with E-state index in [0.29, 0.717) is 0 Å². The van der Waals surface area contributed by atoms with Crippen LogP contribution in [0.5, 0.6) is 0 Å². The van der Waals surface area contributed by atoms with Crippen molar-refractivity contribution in [2.45, 2.75) is 33.1 Å². The first kappa shape index (κ1) is 11.0. The second-order valence-corrected chi connectivity index (χ2v) is 3.98. The SMILES string of the molecule is CCCC(CC)CN1CCOCC1. The highest BCUT2D eigenvalue weighted by atomic mass is 16.5. The quantitative estimate of drug-likeness (QED) is 0.650. The molecule has 78 valence electrons. The number of hydrogen-bond acceptors (Lipinski definition) is 2. The highest BCUT2D eigenvalue weighted by Gasteiger charge is 2.14. The minimum Gasteiger partial charge on any atom is -0.379 e. The zero-order valence-electron chi connectivity index (χ0n) is 9.09. The van der Waals surface area contributed by atoms with Crippen LogP contribution in [0.1, 0.15) is 33.1 Å². The molecule has 1 fully saturated rings. The summed E-state index contributed by atoms with van der Waals surface area (Å²) in [5, 5.41) is 0. The summed E-state index contributed by atoms with van der Waals surface area (Å²) in [5.74, 6) is 0.906. The fourth-order valence-electron chi connectivity index (χ4n) is 1.98. The first-order valence-corrected chi connectivity index (χ1v) is 5.66. The Morgan fingerprint density at radius 1 is 1.23 bits per heavy atom. The normalized spacial score (nSPS) is 21.7. The van der Waals surface area contributed by atoms with Gasteiger partial charge in [-0.15, -0.1) is 0 Å². The lowest BCUT2D eigenvalue weighted by molar-refractivity contribution is 0.0297. The van der Waals surface area contributed by atoms with Crippen LogP contribution in [0.15, 0.2) is 0 Å². The largest absolute Gasteiger partial charge is 0.379 e. The molecule has 0 aromatic rings. The molecule has 2 nitrogen and oxygen atoms in total. The predicted molar refractivity (Wildman–Crippen MR) is 55.9 cm³/mol. The molecule has 1 aliphatic heterocycles. The number of rotatable bonds is 5. The smallest absolute Gasteiger partial charge is 0.0594 e. The van der Waals surface area contributed by atoms with E-state index in [0.717, 1.165) is 32.2 Å². The Hall–Kier alpha value is -0.0800. The summed E-state index contributed by atoms with van der Waals surface area (Å²) in [4.78, 5) is 2.55. The molecule has 2 heteroatoms. The Morgan fingerprint density at radius 2 is 1.92 bits per heavy atom. The fraction of sp³-hybridized carbons (Fsp3) is 1.00. The lowest BCUT2D eigenvalue weighted by atomic mass is 10.00. The zero-order chi connectivity index (χ0) is 9.52. The third-order valence-corrected chi connectivity index (χ3v) is 2.89. The summed E-state index contributed by atoms with van der Waals surface area (Å²) < 4.78 is 5.33. The number of ether oxygens (including phenoxy) is 1. The minimum absolute atomic E-state index is 0.906. The second-order valence-electron chi connectivity index (χ2n) is 3.98.